The van der Waals surface area contributed by atoms with Crippen LogP contribution in [-0.4, -0.2) is 13.0 Å². The second-order valence-electron chi connectivity index (χ2n) is 4.95. The van der Waals surface area contributed by atoms with E-state index < -0.39 is 5.91 Å². The Bertz CT molecular complexity index is 999. The second kappa shape index (κ2) is 6.55. The summed E-state index contributed by atoms with van der Waals surface area (Å²) in [6.07, 6.45) is 0. The van der Waals surface area contributed by atoms with Crippen LogP contribution in [0.25, 0.3) is 11.0 Å². The number of halogens is 2. The van der Waals surface area contributed by atoms with Crippen LogP contribution in [0.3, 0.4) is 0 Å². The average Bonchev–Trinajstić information content (AvgIpc) is 2.57. The van der Waals surface area contributed by atoms with Gasteiger partial charge in [0.1, 0.15) is 5.56 Å². The van der Waals surface area contributed by atoms with Gasteiger partial charge in [-0.05, 0) is 30.3 Å². The van der Waals surface area contributed by atoms with E-state index in [2.05, 4.69) is 5.32 Å². The van der Waals surface area contributed by atoms with Gasteiger partial charge in [-0.15, -0.1) is 0 Å². The van der Waals surface area contributed by atoms with E-state index in [4.69, 9.17) is 37.8 Å². The van der Waals surface area contributed by atoms with Crippen molar-refractivity contribution >= 4 is 45.8 Å². The first-order valence-electron chi connectivity index (χ1n) is 6.91. The van der Waals surface area contributed by atoms with Gasteiger partial charge in [0.05, 0.1) is 17.2 Å². The van der Waals surface area contributed by atoms with Crippen LogP contribution in [0.15, 0.2) is 46.9 Å². The quantitative estimate of drug-likeness (QED) is 0.721. The van der Waals surface area contributed by atoms with Crippen molar-refractivity contribution in [3.05, 3.63) is 63.6 Å². The minimum absolute atomic E-state index is 0.0989. The molecule has 0 unspecified atom stereocenters. The van der Waals surface area contributed by atoms with Crippen molar-refractivity contribution in [1.29, 1.82) is 5.41 Å². The largest absolute Gasteiger partial charge is 0.493 e. The molecule has 1 aromatic heterocycles. The lowest BCUT2D eigenvalue weighted by Crippen LogP contribution is -2.20. The number of hydrogen-bond acceptors (Lipinski definition) is 4. The highest BCUT2D eigenvalue weighted by molar-refractivity contribution is 6.42. The number of fused-ring (bicyclic) bond motifs is 1. The molecule has 0 aliphatic heterocycles. The maximum atomic E-state index is 12.4. The Hall–Kier alpha value is -2.50. The molecule has 122 valence electrons. The third-order valence-corrected chi connectivity index (χ3v) is 4.14. The summed E-state index contributed by atoms with van der Waals surface area (Å²) in [4.78, 5) is 12.4. The van der Waals surface area contributed by atoms with Crippen molar-refractivity contribution < 1.29 is 13.9 Å². The smallest absolute Gasteiger partial charge is 0.261 e. The molecular weight excluding hydrogens is 351 g/mol. The van der Waals surface area contributed by atoms with E-state index in [0.717, 1.165) is 0 Å². The molecule has 2 aromatic carbocycles. The lowest BCUT2D eigenvalue weighted by molar-refractivity contribution is 0.102. The minimum Gasteiger partial charge on any atom is -0.493 e. The van der Waals surface area contributed by atoms with Gasteiger partial charge in [-0.3, -0.25) is 10.2 Å². The predicted octanol–water partition coefficient (Wildman–Crippen LogP) is 4.48. The Morgan fingerprint density at radius 2 is 1.96 bits per heavy atom. The molecule has 0 saturated heterocycles. The second-order valence-corrected chi connectivity index (χ2v) is 5.77. The first-order valence-corrected chi connectivity index (χ1v) is 7.67. The number of nitrogens with one attached hydrogen (secondary N) is 2. The van der Waals surface area contributed by atoms with Gasteiger partial charge in [0, 0.05) is 11.1 Å². The molecule has 7 heteroatoms. The first kappa shape index (κ1) is 16.4. The Labute approximate surface area is 147 Å². The molecule has 0 spiro atoms. The summed E-state index contributed by atoms with van der Waals surface area (Å²) in [7, 11) is 1.51. The lowest BCUT2D eigenvalue weighted by Gasteiger charge is -2.08. The van der Waals surface area contributed by atoms with E-state index in [0.29, 0.717) is 32.5 Å². The van der Waals surface area contributed by atoms with E-state index in [1.54, 1.807) is 36.4 Å². The molecule has 24 heavy (non-hydrogen) atoms. The molecular formula is C17H12Cl2N2O3. The summed E-state index contributed by atoms with van der Waals surface area (Å²) >= 11 is 11.8. The van der Waals surface area contributed by atoms with E-state index in [-0.39, 0.29) is 11.1 Å². The number of hydrogen-bond donors (Lipinski definition) is 2. The summed E-state index contributed by atoms with van der Waals surface area (Å²) in [5.74, 6) is 0.0179. The molecule has 0 aliphatic carbocycles. The Morgan fingerprint density at radius 3 is 2.67 bits per heavy atom. The highest BCUT2D eigenvalue weighted by atomic mass is 35.5. The molecule has 0 fully saturated rings. The molecule has 0 saturated carbocycles. The van der Waals surface area contributed by atoms with E-state index in [1.165, 1.54) is 13.2 Å². The number of amides is 1. The zero-order valence-electron chi connectivity index (χ0n) is 12.5. The molecule has 1 heterocycles. The summed E-state index contributed by atoms with van der Waals surface area (Å²) in [5, 5.41) is 12.0. The van der Waals surface area contributed by atoms with Gasteiger partial charge < -0.3 is 14.5 Å². The predicted molar refractivity (Wildman–Crippen MR) is 93.0 cm³/mol. The lowest BCUT2D eigenvalue weighted by atomic mass is 10.1. The molecule has 0 bridgehead atoms. The minimum atomic E-state index is -0.480. The molecule has 1 amide bonds. The van der Waals surface area contributed by atoms with Crippen LogP contribution in [0.4, 0.5) is 5.69 Å². The van der Waals surface area contributed by atoms with Crippen molar-refractivity contribution in [3.8, 4) is 5.75 Å². The van der Waals surface area contributed by atoms with Crippen molar-refractivity contribution in [2.45, 2.75) is 0 Å². The number of ether oxygens (including phenoxy) is 1. The zero-order chi connectivity index (χ0) is 17.3. The van der Waals surface area contributed by atoms with Gasteiger partial charge in [0.25, 0.3) is 5.91 Å². The third-order valence-electron chi connectivity index (χ3n) is 3.40. The topological polar surface area (TPSA) is 75.3 Å². The van der Waals surface area contributed by atoms with Crippen LogP contribution < -0.4 is 15.6 Å². The molecule has 3 rings (SSSR count). The first-order chi connectivity index (χ1) is 11.5. The molecule has 2 N–H and O–H groups in total. The fourth-order valence-corrected chi connectivity index (χ4v) is 2.53. The van der Waals surface area contributed by atoms with Crippen LogP contribution in [0.2, 0.25) is 10.0 Å². The Kier molecular flexibility index (Phi) is 4.46. The average molecular weight is 363 g/mol. The highest BCUT2D eigenvalue weighted by Crippen LogP contribution is 2.26. The van der Waals surface area contributed by atoms with Crippen LogP contribution in [0.5, 0.6) is 5.75 Å². The van der Waals surface area contributed by atoms with E-state index in [1.807, 2.05) is 0 Å². The zero-order valence-corrected chi connectivity index (χ0v) is 14.0. The number of benzene rings is 2. The summed E-state index contributed by atoms with van der Waals surface area (Å²) in [6, 6.07) is 11.6. The van der Waals surface area contributed by atoms with Crippen molar-refractivity contribution in [3.63, 3.8) is 0 Å². The number of anilines is 1. The van der Waals surface area contributed by atoms with Crippen LogP contribution >= 0.6 is 23.2 Å². The van der Waals surface area contributed by atoms with Gasteiger partial charge in [-0.1, -0.05) is 35.3 Å². The number of carbonyl (C=O) groups is 1. The number of carbonyl (C=O) groups excluding carboxylic acids is 1. The normalized spacial score (nSPS) is 10.6. The van der Waals surface area contributed by atoms with Crippen LogP contribution in [-0.2, 0) is 0 Å². The fourth-order valence-electron chi connectivity index (χ4n) is 2.24. The molecule has 0 atom stereocenters. The summed E-state index contributed by atoms with van der Waals surface area (Å²) in [5.41, 5.74) is 0.724. The van der Waals surface area contributed by atoms with Gasteiger partial charge in [0.15, 0.2) is 11.3 Å². The van der Waals surface area contributed by atoms with E-state index in [9.17, 15) is 4.79 Å². The van der Waals surface area contributed by atoms with Crippen LogP contribution in [0.1, 0.15) is 10.4 Å². The summed E-state index contributed by atoms with van der Waals surface area (Å²) < 4.78 is 10.6. The van der Waals surface area contributed by atoms with Crippen molar-refractivity contribution in [1.82, 2.24) is 0 Å². The number of methoxy groups -OCH3 is 1. The SMILES string of the molecule is COc1cccc2cc(C(=O)Nc3ccc(Cl)c(Cl)c3)c(=N)oc12. The van der Waals surface area contributed by atoms with Gasteiger partial charge in [-0.2, -0.15) is 0 Å². The van der Waals surface area contributed by atoms with Crippen molar-refractivity contribution in [2.75, 3.05) is 12.4 Å². The van der Waals surface area contributed by atoms with Gasteiger partial charge >= 0.3 is 0 Å². The van der Waals surface area contributed by atoms with E-state index >= 15 is 0 Å². The number of rotatable bonds is 3. The highest BCUT2D eigenvalue weighted by Gasteiger charge is 2.14. The maximum absolute atomic E-state index is 12.4. The Balaban J connectivity index is 1.99. The molecule has 3 aromatic rings. The van der Waals surface area contributed by atoms with Gasteiger partial charge in [-0.25, -0.2) is 0 Å². The van der Waals surface area contributed by atoms with Crippen molar-refractivity contribution in [2.24, 2.45) is 0 Å². The van der Waals surface area contributed by atoms with Gasteiger partial charge in [0.2, 0.25) is 5.55 Å². The standard InChI is InChI=1S/C17H12Cl2N2O3/c1-23-14-4-2-3-9-7-11(16(20)24-15(9)14)17(22)21-10-5-6-12(18)13(19)8-10/h2-8,20H,1H3,(H,21,22). The maximum Gasteiger partial charge on any atom is 0.261 e. The molecule has 5 nitrogen and oxygen atoms in total. The summed E-state index contributed by atoms with van der Waals surface area (Å²) in [6.45, 7) is 0. The fraction of sp³-hybridized carbons (Fsp3) is 0.0588. The molecule has 0 aliphatic rings. The molecule has 0 radical (unpaired) electrons. The van der Waals surface area contributed by atoms with Crippen LogP contribution in [0, 0.1) is 5.41 Å². The third kappa shape index (κ3) is 3.09. The number of para-hydroxylation sites is 1. The monoisotopic (exact) mass is 362 g/mol. The Morgan fingerprint density at radius 1 is 1.17 bits per heavy atom.